The van der Waals surface area contributed by atoms with Crippen LogP contribution in [0.4, 0.5) is 9.52 Å². The second kappa shape index (κ2) is 6.96. The highest BCUT2D eigenvalue weighted by Gasteiger charge is 2.40. The van der Waals surface area contributed by atoms with E-state index in [9.17, 15) is 9.18 Å². The molecule has 1 saturated heterocycles. The topological polar surface area (TPSA) is 63.2 Å². The van der Waals surface area contributed by atoms with Gasteiger partial charge in [0.2, 0.25) is 0 Å². The van der Waals surface area contributed by atoms with Gasteiger partial charge in [0.15, 0.2) is 5.13 Å². The number of halogens is 1. The van der Waals surface area contributed by atoms with Crippen LogP contribution in [-0.2, 0) is 9.53 Å². The van der Waals surface area contributed by atoms with Gasteiger partial charge in [0.25, 0.3) is 5.91 Å². The van der Waals surface area contributed by atoms with Gasteiger partial charge < -0.3 is 10.1 Å². The number of nitrogens with zero attached hydrogens (tertiary/aromatic N) is 1. The molecule has 0 atom stereocenters. The van der Waals surface area contributed by atoms with Gasteiger partial charge in [-0.25, -0.2) is 9.37 Å². The monoisotopic (exact) mass is 349 g/mol. The summed E-state index contributed by atoms with van der Waals surface area (Å²) in [7, 11) is 1.57. The molecule has 1 aromatic carbocycles. The fraction of sp³-hybridized carbons (Fsp3) is 0.412. The third-order valence-electron chi connectivity index (χ3n) is 4.35. The molecule has 0 radical (unpaired) electrons. The zero-order valence-corrected chi connectivity index (χ0v) is 14.5. The molecule has 24 heavy (non-hydrogen) atoms. The number of piperidine rings is 1. The van der Waals surface area contributed by atoms with Crippen molar-refractivity contribution in [2.75, 3.05) is 25.5 Å². The number of carbonyl (C=O) groups excluding carboxylic acids is 1. The van der Waals surface area contributed by atoms with Gasteiger partial charge in [-0.1, -0.05) is 0 Å². The van der Waals surface area contributed by atoms with Crippen molar-refractivity contribution in [3.8, 4) is 11.3 Å². The summed E-state index contributed by atoms with van der Waals surface area (Å²) in [6, 6.07) is 6.18. The Labute approximate surface area is 144 Å². The minimum Gasteiger partial charge on any atom is -0.368 e. The van der Waals surface area contributed by atoms with Crippen LogP contribution >= 0.6 is 11.3 Å². The number of anilines is 1. The maximum atomic E-state index is 13.1. The summed E-state index contributed by atoms with van der Waals surface area (Å²) in [5.74, 6) is -0.445. The largest absolute Gasteiger partial charge is 0.368 e. The highest BCUT2D eigenvalue weighted by Crippen LogP contribution is 2.32. The number of rotatable bonds is 4. The fourth-order valence-corrected chi connectivity index (χ4v) is 3.72. The SMILES string of the molecule is COC1(C(=O)Nc2nc(-c3ccc(F)cc3)c(C)s2)CCNCC1. The standard InChI is InChI=1S/C17H20FN3O2S/c1-11-14(12-3-5-13(18)6-4-12)20-16(24-11)21-15(22)17(23-2)7-9-19-10-8-17/h3-6,19H,7-10H2,1-2H3,(H,20,21,22). The van der Waals surface area contributed by atoms with Crippen LogP contribution in [0.25, 0.3) is 11.3 Å². The molecular weight excluding hydrogens is 329 g/mol. The van der Waals surface area contributed by atoms with Crippen molar-refractivity contribution in [1.82, 2.24) is 10.3 Å². The van der Waals surface area contributed by atoms with E-state index in [0.717, 1.165) is 29.2 Å². The Morgan fingerprint density at radius 1 is 1.33 bits per heavy atom. The summed E-state index contributed by atoms with van der Waals surface area (Å²) in [5.41, 5.74) is 0.780. The third-order valence-corrected chi connectivity index (χ3v) is 5.24. The van der Waals surface area contributed by atoms with Gasteiger partial charge in [-0.2, -0.15) is 0 Å². The van der Waals surface area contributed by atoms with E-state index in [2.05, 4.69) is 15.6 Å². The smallest absolute Gasteiger partial charge is 0.258 e. The summed E-state index contributed by atoms with van der Waals surface area (Å²) in [4.78, 5) is 18.1. The molecule has 1 fully saturated rings. The van der Waals surface area contributed by atoms with Gasteiger partial charge in [-0.05, 0) is 57.1 Å². The molecule has 0 aliphatic carbocycles. The van der Waals surface area contributed by atoms with Gasteiger partial charge >= 0.3 is 0 Å². The number of aryl methyl sites for hydroxylation is 1. The lowest BCUT2D eigenvalue weighted by Crippen LogP contribution is -2.51. The fourth-order valence-electron chi connectivity index (χ4n) is 2.89. The Hall–Kier alpha value is -1.83. The van der Waals surface area contributed by atoms with Gasteiger partial charge in [0.05, 0.1) is 5.69 Å². The average Bonchev–Trinajstić information content (AvgIpc) is 2.96. The van der Waals surface area contributed by atoms with E-state index in [4.69, 9.17) is 4.74 Å². The van der Waals surface area contributed by atoms with Crippen molar-refractivity contribution in [2.24, 2.45) is 0 Å². The molecule has 1 amide bonds. The second-order valence-corrected chi connectivity index (χ2v) is 7.04. The zero-order valence-electron chi connectivity index (χ0n) is 13.7. The lowest BCUT2D eigenvalue weighted by atomic mass is 9.91. The number of benzene rings is 1. The summed E-state index contributed by atoms with van der Waals surface area (Å²) in [6.45, 7) is 3.43. The normalized spacial score (nSPS) is 16.8. The lowest BCUT2D eigenvalue weighted by Gasteiger charge is -2.34. The molecule has 0 spiro atoms. The van der Waals surface area contributed by atoms with Gasteiger partial charge in [-0.3, -0.25) is 10.1 Å². The maximum absolute atomic E-state index is 13.1. The van der Waals surface area contributed by atoms with E-state index < -0.39 is 5.60 Å². The average molecular weight is 349 g/mol. The first-order valence-corrected chi connectivity index (χ1v) is 8.66. The van der Waals surface area contributed by atoms with E-state index in [0.29, 0.717) is 18.0 Å². The molecule has 0 unspecified atom stereocenters. The molecular formula is C17H20FN3O2S. The van der Waals surface area contributed by atoms with Gasteiger partial charge in [-0.15, -0.1) is 11.3 Å². The van der Waals surface area contributed by atoms with Gasteiger partial charge in [0.1, 0.15) is 11.4 Å². The third kappa shape index (κ3) is 3.33. The van der Waals surface area contributed by atoms with E-state index in [1.165, 1.54) is 23.5 Å². The number of hydrogen-bond donors (Lipinski definition) is 2. The van der Waals surface area contributed by atoms with E-state index in [-0.39, 0.29) is 11.7 Å². The molecule has 1 aliphatic rings. The zero-order chi connectivity index (χ0) is 17.2. The van der Waals surface area contributed by atoms with Crippen LogP contribution in [-0.4, -0.2) is 36.7 Å². The molecule has 2 aromatic rings. The summed E-state index contributed by atoms with van der Waals surface area (Å²) >= 11 is 1.41. The number of aromatic nitrogens is 1. The van der Waals surface area contributed by atoms with E-state index >= 15 is 0 Å². The number of amides is 1. The number of methoxy groups -OCH3 is 1. The van der Waals surface area contributed by atoms with Crippen molar-refractivity contribution in [3.63, 3.8) is 0 Å². The van der Waals surface area contributed by atoms with Crippen molar-refractivity contribution in [2.45, 2.75) is 25.4 Å². The first-order valence-electron chi connectivity index (χ1n) is 7.85. The summed E-state index contributed by atoms with van der Waals surface area (Å²) in [5, 5.41) is 6.65. The Balaban J connectivity index is 1.79. The molecule has 2 heterocycles. The van der Waals surface area contributed by atoms with Crippen LogP contribution in [0.2, 0.25) is 0 Å². The van der Waals surface area contributed by atoms with Crippen LogP contribution in [0, 0.1) is 12.7 Å². The van der Waals surface area contributed by atoms with Crippen LogP contribution in [0.3, 0.4) is 0 Å². The Morgan fingerprint density at radius 2 is 2.00 bits per heavy atom. The first kappa shape index (κ1) is 17.0. The maximum Gasteiger partial charge on any atom is 0.258 e. The van der Waals surface area contributed by atoms with Crippen LogP contribution in [0.1, 0.15) is 17.7 Å². The molecule has 5 nitrogen and oxygen atoms in total. The summed E-state index contributed by atoms with van der Waals surface area (Å²) in [6.07, 6.45) is 1.26. The molecule has 3 rings (SSSR count). The molecule has 128 valence electrons. The number of ether oxygens (including phenoxy) is 1. The van der Waals surface area contributed by atoms with Crippen molar-refractivity contribution >= 4 is 22.4 Å². The lowest BCUT2D eigenvalue weighted by molar-refractivity contribution is -0.140. The van der Waals surface area contributed by atoms with E-state index in [1.54, 1.807) is 19.2 Å². The number of thiazole rings is 1. The summed E-state index contributed by atoms with van der Waals surface area (Å²) < 4.78 is 18.6. The Kier molecular flexibility index (Phi) is 4.93. The van der Waals surface area contributed by atoms with Crippen molar-refractivity contribution < 1.29 is 13.9 Å². The quantitative estimate of drug-likeness (QED) is 0.891. The Morgan fingerprint density at radius 3 is 2.62 bits per heavy atom. The molecule has 2 N–H and O–H groups in total. The second-order valence-electron chi connectivity index (χ2n) is 5.83. The molecule has 0 bridgehead atoms. The number of carbonyl (C=O) groups is 1. The highest BCUT2D eigenvalue weighted by atomic mass is 32.1. The highest BCUT2D eigenvalue weighted by molar-refractivity contribution is 7.16. The number of nitrogens with one attached hydrogen (secondary N) is 2. The van der Waals surface area contributed by atoms with Crippen LogP contribution in [0.15, 0.2) is 24.3 Å². The number of hydrogen-bond acceptors (Lipinski definition) is 5. The molecule has 1 aromatic heterocycles. The minimum atomic E-state index is -0.805. The van der Waals surface area contributed by atoms with Crippen LogP contribution in [0.5, 0.6) is 0 Å². The van der Waals surface area contributed by atoms with Crippen LogP contribution < -0.4 is 10.6 Å². The predicted molar refractivity (Wildman–Crippen MR) is 92.7 cm³/mol. The van der Waals surface area contributed by atoms with Crippen molar-refractivity contribution in [3.05, 3.63) is 35.0 Å². The minimum absolute atomic E-state index is 0.161. The van der Waals surface area contributed by atoms with Crippen molar-refractivity contribution in [1.29, 1.82) is 0 Å². The Bertz CT molecular complexity index is 724. The van der Waals surface area contributed by atoms with E-state index in [1.807, 2.05) is 6.92 Å². The molecule has 1 aliphatic heterocycles. The molecule has 7 heteroatoms. The molecule has 0 saturated carbocycles. The van der Waals surface area contributed by atoms with Gasteiger partial charge in [0, 0.05) is 17.6 Å². The first-order chi connectivity index (χ1) is 11.5. The predicted octanol–water partition coefficient (Wildman–Crippen LogP) is 2.96.